The van der Waals surface area contributed by atoms with Crippen LogP contribution in [0.3, 0.4) is 0 Å². The lowest BCUT2D eigenvalue weighted by atomic mass is 10.2. The third-order valence-electron chi connectivity index (χ3n) is 3.62. The molecule has 0 atom stereocenters. The maximum Gasteiger partial charge on any atom is 0.387 e. The first kappa shape index (κ1) is 18.4. The number of thioether (sulfide) groups is 1. The zero-order valence-corrected chi connectivity index (χ0v) is 14.7. The van der Waals surface area contributed by atoms with Crippen LogP contribution in [0.15, 0.2) is 23.4 Å². The number of benzene rings is 1. The van der Waals surface area contributed by atoms with E-state index < -0.39 is 6.61 Å². The van der Waals surface area contributed by atoms with Crippen LogP contribution in [0.25, 0.3) is 0 Å². The third-order valence-corrected chi connectivity index (χ3v) is 4.55. The minimum Gasteiger partial charge on any atom is -0.493 e. The van der Waals surface area contributed by atoms with Crippen LogP contribution in [-0.2, 0) is 11.3 Å². The van der Waals surface area contributed by atoms with E-state index in [1.54, 1.807) is 16.8 Å². The first-order valence-corrected chi connectivity index (χ1v) is 8.84. The van der Waals surface area contributed by atoms with Gasteiger partial charge in [0.05, 0.1) is 18.9 Å². The highest BCUT2D eigenvalue weighted by molar-refractivity contribution is 7.99. The molecule has 2 aromatic rings. The van der Waals surface area contributed by atoms with E-state index in [1.807, 2.05) is 0 Å². The first-order chi connectivity index (χ1) is 12.6. The van der Waals surface area contributed by atoms with Crippen molar-refractivity contribution < 1.29 is 23.0 Å². The number of tetrazole rings is 1. The van der Waals surface area contributed by atoms with E-state index in [1.165, 1.54) is 24.9 Å². The topological polar surface area (TPSA) is 91.2 Å². The Balaban J connectivity index is 1.50. The smallest absolute Gasteiger partial charge is 0.387 e. The van der Waals surface area contributed by atoms with Crippen LogP contribution in [-0.4, -0.2) is 45.6 Å². The molecular weight excluding hydrogens is 368 g/mol. The fourth-order valence-corrected chi connectivity index (χ4v) is 3.00. The summed E-state index contributed by atoms with van der Waals surface area (Å²) >= 11 is 1.27. The molecule has 0 aliphatic heterocycles. The molecule has 0 saturated heterocycles. The van der Waals surface area contributed by atoms with Crippen LogP contribution >= 0.6 is 11.8 Å². The second-order valence-corrected chi connectivity index (χ2v) is 6.51. The summed E-state index contributed by atoms with van der Waals surface area (Å²) in [5.74, 6) is 0.110. The standard InChI is InChI=1S/C15H17F2N5O3S/c1-24-12-6-9(2-5-11(12)25-14(16)17)7-18-13(23)8-26-15-19-20-21-22(15)10-3-4-10/h2,5-6,10,14H,3-4,7-8H2,1H3,(H,18,23). The van der Waals surface area contributed by atoms with Gasteiger partial charge in [-0.25, -0.2) is 4.68 Å². The Hall–Kier alpha value is -2.43. The van der Waals surface area contributed by atoms with Gasteiger partial charge in [-0.15, -0.1) is 5.10 Å². The van der Waals surface area contributed by atoms with Crippen LogP contribution < -0.4 is 14.8 Å². The lowest BCUT2D eigenvalue weighted by Crippen LogP contribution is -2.24. The Kier molecular flexibility index (Phi) is 5.86. The number of ether oxygens (including phenoxy) is 2. The molecule has 1 fully saturated rings. The van der Waals surface area contributed by atoms with E-state index in [9.17, 15) is 13.6 Å². The van der Waals surface area contributed by atoms with Crippen molar-refractivity contribution in [1.29, 1.82) is 0 Å². The van der Waals surface area contributed by atoms with Crippen LogP contribution in [0, 0.1) is 0 Å². The zero-order valence-electron chi connectivity index (χ0n) is 13.9. The van der Waals surface area contributed by atoms with E-state index in [0.717, 1.165) is 12.8 Å². The molecule has 1 aliphatic carbocycles. The fourth-order valence-electron chi connectivity index (χ4n) is 2.23. The third kappa shape index (κ3) is 4.81. The molecule has 1 amide bonds. The highest BCUT2D eigenvalue weighted by Gasteiger charge is 2.28. The van der Waals surface area contributed by atoms with Gasteiger partial charge in [0, 0.05) is 6.54 Å². The largest absolute Gasteiger partial charge is 0.493 e. The molecule has 8 nitrogen and oxygen atoms in total. The Morgan fingerprint density at radius 1 is 1.42 bits per heavy atom. The summed E-state index contributed by atoms with van der Waals surface area (Å²) in [6.45, 7) is -2.70. The van der Waals surface area contributed by atoms with Gasteiger partial charge >= 0.3 is 6.61 Å². The Morgan fingerprint density at radius 3 is 2.92 bits per heavy atom. The van der Waals surface area contributed by atoms with E-state index >= 15 is 0 Å². The van der Waals surface area contributed by atoms with Gasteiger partial charge in [-0.2, -0.15) is 8.78 Å². The molecule has 0 unspecified atom stereocenters. The SMILES string of the molecule is COc1cc(CNC(=O)CSc2nnnn2C2CC2)ccc1OC(F)F. The number of nitrogens with zero attached hydrogens (tertiary/aromatic N) is 4. The highest BCUT2D eigenvalue weighted by Crippen LogP contribution is 2.36. The summed E-state index contributed by atoms with van der Waals surface area (Å²) in [6, 6.07) is 4.85. The number of amides is 1. The highest BCUT2D eigenvalue weighted by atomic mass is 32.2. The molecule has 0 radical (unpaired) electrons. The maximum absolute atomic E-state index is 12.3. The van der Waals surface area contributed by atoms with E-state index in [0.29, 0.717) is 16.8 Å². The van der Waals surface area contributed by atoms with Gasteiger partial charge < -0.3 is 14.8 Å². The number of carbonyl (C=O) groups excluding carboxylic acids is 1. The minimum absolute atomic E-state index is 0.0555. The summed E-state index contributed by atoms with van der Waals surface area (Å²) in [5.41, 5.74) is 0.699. The number of alkyl halides is 2. The van der Waals surface area contributed by atoms with Crippen molar-refractivity contribution >= 4 is 17.7 Å². The number of nitrogens with one attached hydrogen (secondary N) is 1. The predicted octanol–water partition coefficient (Wildman–Crippen LogP) is 2.03. The number of aromatic nitrogens is 4. The molecule has 26 heavy (non-hydrogen) atoms. The lowest BCUT2D eigenvalue weighted by molar-refractivity contribution is -0.118. The van der Waals surface area contributed by atoms with Gasteiger partial charge in [-0.3, -0.25) is 4.79 Å². The van der Waals surface area contributed by atoms with Crippen LogP contribution in [0.2, 0.25) is 0 Å². The Bertz CT molecular complexity index is 769. The molecule has 1 saturated carbocycles. The van der Waals surface area contributed by atoms with Crippen molar-refractivity contribution in [2.24, 2.45) is 0 Å². The van der Waals surface area contributed by atoms with Crippen molar-refractivity contribution in [2.45, 2.75) is 37.2 Å². The molecule has 11 heteroatoms. The number of rotatable bonds is 9. The van der Waals surface area contributed by atoms with Crippen LogP contribution in [0.5, 0.6) is 11.5 Å². The van der Waals surface area contributed by atoms with Crippen molar-refractivity contribution in [3.63, 3.8) is 0 Å². The quantitative estimate of drug-likeness (QED) is 0.661. The normalized spacial score (nSPS) is 13.7. The maximum atomic E-state index is 12.3. The summed E-state index contributed by atoms with van der Waals surface area (Å²) in [6.07, 6.45) is 2.11. The van der Waals surface area contributed by atoms with E-state index in [4.69, 9.17) is 4.74 Å². The summed E-state index contributed by atoms with van der Waals surface area (Å²) in [7, 11) is 1.36. The molecule has 1 N–H and O–H groups in total. The molecule has 3 rings (SSSR count). The number of hydrogen-bond acceptors (Lipinski definition) is 7. The summed E-state index contributed by atoms with van der Waals surface area (Å²) in [5, 5.41) is 14.9. The van der Waals surface area contributed by atoms with Crippen molar-refractivity contribution in [2.75, 3.05) is 12.9 Å². The number of carbonyl (C=O) groups is 1. The predicted molar refractivity (Wildman–Crippen MR) is 88.3 cm³/mol. The molecule has 0 spiro atoms. The van der Waals surface area contributed by atoms with Crippen LogP contribution in [0.4, 0.5) is 8.78 Å². The summed E-state index contributed by atoms with van der Waals surface area (Å²) < 4.78 is 35.8. The van der Waals surface area contributed by atoms with E-state index in [-0.39, 0.29) is 29.7 Å². The van der Waals surface area contributed by atoms with Gasteiger partial charge in [-0.05, 0) is 41.0 Å². The van der Waals surface area contributed by atoms with Crippen molar-refractivity contribution in [3.8, 4) is 11.5 Å². The second kappa shape index (κ2) is 8.30. The molecule has 1 heterocycles. The monoisotopic (exact) mass is 385 g/mol. The average Bonchev–Trinajstić information content (AvgIpc) is 3.36. The van der Waals surface area contributed by atoms with Gasteiger partial charge in [0.2, 0.25) is 11.1 Å². The lowest BCUT2D eigenvalue weighted by Gasteiger charge is -2.12. The molecule has 140 valence electrons. The molecular formula is C15H17F2N5O3S. The Labute approximate surface area is 152 Å². The van der Waals surface area contributed by atoms with Gasteiger partial charge in [0.25, 0.3) is 0 Å². The number of halogens is 2. The Morgan fingerprint density at radius 2 is 2.23 bits per heavy atom. The number of methoxy groups -OCH3 is 1. The first-order valence-electron chi connectivity index (χ1n) is 7.86. The number of hydrogen-bond donors (Lipinski definition) is 1. The molecule has 1 aliphatic rings. The van der Waals surface area contributed by atoms with Crippen molar-refractivity contribution in [1.82, 2.24) is 25.5 Å². The van der Waals surface area contributed by atoms with Gasteiger partial charge in [0.1, 0.15) is 0 Å². The second-order valence-electron chi connectivity index (χ2n) is 5.57. The molecule has 0 bridgehead atoms. The fraction of sp³-hybridized carbons (Fsp3) is 0.467. The minimum atomic E-state index is -2.93. The van der Waals surface area contributed by atoms with Gasteiger partial charge in [-0.1, -0.05) is 17.8 Å². The van der Waals surface area contributed by atoms with Crippen molar-refractivity contribution in [3.05, 3.63) is 23.8 Å². The zero-order chi connectivity index (χ0) is 18.5. The van der Waals surface area contributed by atoms with E-state index in [2.05, 4.69) is 25.6 Å². The van der Waals surface area contributed by atoms with Crippen LogP contribution in [0.1, 0.15) is 24.4 Å². The summed E-state index contributed by atoms with van der Waals surface area (Å²) in [4.78, 5) is 12.0. The molecule has 1 aromatic heterocycles. The average molecular weight is 385 g/mol. The van der Waals surface area contributed by atoms with Gasteiger partial charge in [0.15, 0.2) is 11.5 Å². The molecule has 1 aromatic carbocycles.